The zero-order chi connectivity index (χ0) is 18.2. The molecule has 0 aromatic heterocycles. The summed E-state index contributed by atoms with van der Waals surface area (Å²) in [7, 11) is 0. The highest BCUT2D eigenvalue weighted by Gasteiger charge is 2.33. The molecular weight excluding hydrogens is 302 g/mol. The molecule has 1 heteroatoms. The minimum Gasteiger partial charge on any atom is -0.322 e. The SMILES string of the molecule is CCCCCCCCCCCCCCCCC[N+]1(C(C)C)CCCC1. The fourth-order valence-electron chi connectivity index (χ4n) is 4.76. The normalized spacial score (nSPS) is 16.8. The van der Waals surface area contributed by atoms with E-state index in [2.05, 4.69) is 20.8 Å². The highest BCUT2D eigenvalue weighted by atomic mass is 15.4. The van der Waals surface area contributed by atoms with E-state index in [-0.39, 0.29) is 0 Å². The maximum atomic E-state index is 2.44. The van der Waals surface area contributed by atoms with Crippen LogP contribution in [0.3, 0.4) is 0 Å². The molecule has 1 saturated heterocycles. The van der Waals surface area contributed by atoms with Gasteiger partial charge >= 0.3 is 0 Å². The quantitative estimate of drug-likeness (QED) is 0.184. The third-order valence-electron chi connectivity index (χ3n) is 6.76. The van der Waals surface area contributed by atoms with Crippen molar-refractivity contribution in [2.24, 2.45) is 0 Å². The van der Waals surface area contributed by atoms with Gasteiger partial charge in [0.2, 0.25) is 0 Å². The molecule has 1 nitrogen and oxygen atoms in total. The molecule has 0 aromatic rings. The van der Waals surface area contributed by atoms with Crippen LogP contribution in [0.2, 0.25) is 0 Å². The number of hydrogen-bond donors (Lipinski definition) is 0. The third kappa shape index (κ3) is 10.6. The molecule has 0 N–H and O–H groups in total. The summed E-state index contributed by atoms with van der Waals surface area (Å²) >= 11 is 0. The molecule has 1 aliphatic heterocycles. The number of unbranched alkanes of at least 4 members (excludes halogenated alkanes) is 14. The second-order valence-corrected chi connectivity index (χ2v) is 9.14. The van der Waals surface area contributed by atoms with Crippen LogP contribution in [0.1, 0.15) is 130 Å². The Labute approximate surface area is 160 Å². The van der Waals surface area contributed by atoms with Crippen molar-refractivity contribution in [3.05, 3.63) is 0 Å². The Morgan fingerprint density at radius 3 is 1.28 bits per heavy atom. The van der Waals surface area contributed by atoms with Gasteiger partial charge in [0.15, 0.2) is 0 Å². The minimum atomic E-state index is 0.842. The van der Waals surface area contributed by atoms with Crippen molar-refractivity contribution in [3.63, 3.8) is 0 Å². The largest absolute Gasteiger partial charge is 0.322 e. The zero-order valence-electron chi connectivity index (χ0n) is 18.2. The minimum absolute atomic E-state index is 0.842. The van der Waals surface area contributed by atoms with Crippen LogP contribution in [0.15, 0.2) is 0 Å². The second-order valence-electron chi connectivity index (χ2n) is 9.14. The Morgan fingerprint density at radius 2 is 0.920 bits per heavy atom. The van der Waals surface area contributed by atoms with Gasteiger partial charge in [-0.2, -0.15) is 0 Å². The van der Waals surface area contributed by atoms with Crippen molar-refractivity contribution in [2.75, 3.05) is 19.6 Å². The number of likely N-dealkylation sites (tertiary alicyclic amines) is 1. The number of quaternary nitrogens is 1. The second kappa shape index (κ2) is 15.1. The maximum Gasteiger partial charge on any atom is 0.0833 e. The van der Waals surface area contributed by atoms with Gasteiger partial charge in [0, 0.05) is 12.8 Å². The van der Waals surface area contributed by atoms with Gasteiger partial charge in [-0.3, -0.25) is 0 Å². The van der Waals surface area contributed by atoms with Gasteiger partial charge in [-0.1, -0.05) is 90.4 Å². The maximum absolute atomic E-state index is 2.44. The lowest BCUT2D eigenvalue weighted by molar-refractivity contribution is -0.937. The van der Waals surface area contributed by atoms with E-state index in [0.717, 1.165) is 6.04 Å². The van der Waals surface area contributed by atoms with Crippen molar-refractivity contribution < 1.29 is 4.48 Å². The molecule has 150 valence electrons. The van der Waals surface area contributed by atoms with Crippen LogP contribution in [-0.4, -0.2) is 30.2 Å². The Kier molecular flexibility index (Phi) is 13.9. The fraction of sp³-hybridized carbons (Fsp3) is 1.00. The van der Waals surface area contributed by atoms with Crippen LogP contribution in [0.5, 0.6) is 0 Å². The van der Waals surface area contributed by atoms with Crippen molar-refractivity contribution in [2.45, 2.75) is 136 Å². The van der Waals surface area contributed by atoms with Gasteiger partial charge in [0.1, 0.15) is 0 Å². The fourth-order valence-corrected chi connectivity index (χ4v) is 4.76. The molecule has 0 saturated carbocycles. The standard InChI is InChI=1S/C24H50N/c1-4-5-6-7-8-9-10-11-12-13-14-15-16-17-18-21-25(24(2)3)22-19-20-23-25/h24H,4-23H2,1-3H3/q+1. The van der Waals surface area contributed by atoms with E-state index in [1.165, 1.54) is 133 Å². The van der Waals surface area contributed by atoms with Gasteiger partial charge in [0.05, 0.1) is 25.7 Å². The summed E-state index contributed by atoms with van der Waals surface area (Å²) in [6.07, 6.45) is 25.0. The lowest BCUT2D eigenvalue weighted by Crippen LogP contribution is -2.51. The smallest absolute Gasteiger partial charge is 0.0833 e. The molecule has 0 unspecified atom stereocenters. The predicted octanol–water partition coefficient (Wildman–Crippen LogP) is 7.88. The summed E-state index contributed by atoms with van der Waals surface area (Å²) < 4.78 is 1.43. The van der Waals surface area contributed by atoms with Crippen molar-refractivity contribution in [3.8, 4) is 0 Å². The summed E-state index contributed by atoms with van der Waals surface area (Å²) in [5, 5.41) is 0. The summed E-state index contributed by atoms with van der Waals surface area (Å²) in [4.78, 5) is 0. The number of hydrogen-bond acceptors (Lipinski definition) is 0. The Hall–Kier alpha value is -0.0400. The topological polar surface area (TPSA) is 0 Å². The molecule has 0 bridgehead atoms. The van der Waals surface area contributed by atoms with Crippen molar-refractivity contribution in [1.29, 1.82) is 0 Å². The van der Waals surface area contributed by atoms with E-state index < -0.39 is 0 Å². The lowest BCUT2D eigenvalue weighted by atomic mass is 10.0. The summed E-state index contributed by atoms with van der Waals surface area (Å²) in [5.74, 6) is 0. The van der Waals surface area contributed by atoms with E-state index in [9.17, 15) is 0 Å². The first-order valence-electron chi connectivity index (χ1n) is 12.1. The molecular formula is C24H50N+. The van der Waals surface area contributed by atoms with E-state index in [1.54, 1.807) is 0 Å². The first-order chi connectivity index (χ1) is 12.2. The van der Waals surface area contributed by atoms with Crippen LogP contribution in [0.4, 0.5) is 0 Å². The van der Waals surface area contributed by atoms with Gasteiger partial charge < -0.3 is 4.48 Å². The highest BCUT2D eigenvalue weighted by Crippen LogP contribution is 2.25. The van der Waals surface area contributed by atoms with Crippen molar-refractivity contribution >= 4 is 0 Å². The molecule has 1 heterocycles. The van der Waals surface area contributed by atoms with E-state index in [4.69, 9.17) is 0 Å². The van der Waals surface area contributed by atoms with Gasteiger partial charge in [-0.05, 0) is 26.7 Å². The molecule has 0 radical (unpaired) electrons. The average Bonchev–Trinajstić information content (AvgIpc) is 3.08. The monoisotopic (exact) mass is 352 g/mol. The molecule has 1 fully saturated rings. The third-order valence-corrected chi connectivity index (χ3v) is 6.76. The predicted molar refractivity (Wildman–Crippen MR) is 114 cm³/mol. The Balaban J connectivity index is 1.80. The molecule has 0 aliphatic carbocycles. The zero-order valence-corrected chi connectivity index (χ0v) is 18.2. The molecule has 25 heavy (non-hydrogen) atoms. The molecule has 0 amide bonds. The van der Waals surface area contributed by atoms with Gasteiger partial charge in [0.25, 0.3) is 0 Å². The lowest BCUT2D eigenvalue weighted by Gasteiger charge is -2.38. The van der Waals surface area contributed by atoms with Crippen LogP contribution >= 0.6 is 0 Å². The summed E-state index contributed by atoms with van der Waals surface area (Å²) in [6.45, 7) is 11.5. The molecule has 1 aliphatic rings. The Bertz CT molecular complexity index is 278. The molecule has 1 rings (SSSR count). The number of rotatable bonds is 17. The Morgan fingerprint density at radius 1 is 0.560 bits per heavy atom. The van der Waals surface area contributed by atoms with Crippen LogP contribution in [-0.2, 0) is 0 Å². The van der Waals surface area contributed by atoms with Gasteiger partial charge in [-0.15, -0.1) is 0 Å². The molecule has 0 spiro atoms. The average molecular weight is 353 g/mol. The summed E-state index contributed by atoms with van der Waals surface area (Å²) in [5.41, 5.74) is 0. The molecule has 0 atom stereocenters. The highest BCUT2D eigenvalue weighted by molar-refractivity contribution is 4.59. The van der Waals surface area contributed by atoms with E-state index in [0.29, 0.717) is 0 Å². The van der Waals surface area contributed by atoms with Crippen LogP contribution in [0.25, 0.3) is 0 Å². The summed E-state index contributed by atoms with van der Waals surface area (Å²) in [6, 6.07) is 0.842. The van der Waals surface area contributed by atoms with E-state index >= 15 is 0 Å². The van der Waals surface area contributed by atoms with Gasteiger partial charge in [-0.25, -0.2) is 0 Å². The first-order valence-corrected chi connectivity index (χ1v) is 12.1. The van der Waals surface area contributed by atoms with Crippen LogP contribution in [0, 0.1) is 0 Å². The van der Waals surface area contributed by atoms with Crippen LogP contribution < -0.4 is 0 Å². The van der Waals surface area contributed by atoms with Crippen molar-refractivity contribution in [1.82, 2.24) is 0 Å². The molecule has 0 aromatic carbocycles. The first kappa shape index (κ1) is 23.0. The number of nitrogens with zero attached hydrogens (tertiary/aromatic N) is 1. The van der Waals surface area contributed by atoms with E-state index in [1.807, 2.05) is 0 Å².